The highest BCUT2D eigenvalue weighted by Gasteiger charge is 2.10. The third-order valence-electron chi connectivity index (χ3n) is 1.64. The number of carboxylic acids is 1. The van der Waals surface area contributed by atoms with Crippen LogP contribution in [0.5, 0.6) is 0 Å². The third kappa shape index (κ3) is 2.24. The molecule has 0 saturated heterocycles. The lowest BCUT2D eigenvalue weighted by Gasteiger charge is -2.02. The van der Waals surface area contributed by atoms with E-state index >= 15 is 0 Å². The molecule has 4 heteroatoms. The number of carboxylic acid groups (broad SMARTS) is 1. The SMILES string of the molecule is Cc1cc(F)cc(CC(=O)O)c1F. The van der Waals surface area contributed by atoms with E-state index < -0.39 is 24.0 Å². The number of halogens is 2. The minimum atomic E-state index is -1.18. The number of benzene rings is 1. The van der Waals surface area contributed by atoms with Gasteiger partial charge in [0.15, 0.2) is 0 Å². The Balaban J connectivity index is 3.12. The van der Waals surface area contributed by atoms with Crippen LogP contribution < -0.4 is 0 Å². The molecule has 0 aromatic heterocycles. The molecule has 0 aliphatic rings. The van der Waals surface area contributed by atoms with E-state index in [0.717, 1.165) is 12.1 Å². The van der Waals surface area contributed by atoms with Crippen LogP contribution in [-0.4, -0.2) is 11.1 Å². The zero-order chi connectivity index (χ0) is 10.0. The first-order valence-corrected chi connectivity index (χ1v) is 3.67. The highest BCUT2D eigenvalue weighted by Crippen LogP contribution is 2.15. The molecule has 0 fully saturated rings. The maximum Gasteiger partial charge on any atom is 0.307 e. The molecule has 1 N–H and O–H groups in total. The Morgan fingerprint density at radius 3 is 2.62 bits per heavy atom. The number of aryl methyl sites for hydroxylation is 1. The zero-order valence-electron chi connectivity index (χ0n) is 6.97. The van der Waals surface area contributed by atoms with Crippen LogP contribution in [0.1, 0.15) is 11.1 Å². The summed E-state index contributed by atoms with van der Waals surface area (Å²) in [4.78, 5) is 10.3. The predicted octanol–water partition coefficient (Wildman–Crippen LogP) is 1.90. The molecule has 0 spiro atoms. The van der Waals surface area contributed by atoms with Gasteiger partial charge < -0.3 is 5.11 Å². The van der Waals surface area contributed by atoms with Crippen LogP contribution in [0.2, 0.25) is 0 Å². The van der Waals surface area contributed by atoms with E-state index in [-0.39, 0.29) is 11.1 Å². The van der Waals surface area contributed by atoms with Crippen LogP contribution in [0.3, 0.4) is 0 Å². The van der Waals surface area contributed by atoms with E-state index in [0.29, 0.717) is 0 Å². The lowest BCUT2D eigenvalue weighted by molar-refractivity contribution is -0.136. The number of aliphatic carboxylic acids is 1. The lowest BCUT2D eigenvalue weighted by atomic mass is 10.1. The minimum absolute atomic E-state index is 0.120. The molecular formula is C9H8F2O2. The molecule has 0 aliphatic carbocycles. The van der Waals surface area contributed by atoms with Gasteiger partial charge in [0.2, 0.25) is 0 Å². The van der Waals surface area contributed by atoms with Crippen molar-refractivity contribution >= 4 is 5.97 Å². The molecule has 0 unspecified atom stereocenters. The van der Waals surface area contributed by atoms with Gasteiger partial charge in [-0.1, -0.05) is 0 Å². The zero-order valence-corrected chi connectivity index (χ0v) is 6.97. The van der Waals surface area contributed by atoms with Gasteiger partial charge in [0, 0.05) is 5.56 Å². The smallest absolute Gasteiger partial charge is 0.307 e. The molecule has 1 aromatic rings. The summed E-state index contributed by atoms with van der Waals surface area (Å²) in [5.41, 5.74) is 0.00116. The van der Waals surface area contributed by atoms with Crippen LogP contribution in [0.4, 0.5) is 8.78 Å². The second kappa shape index (κ2) is 3.51. The largest absolute Gasteiger partial charge is 0.481 e. The molecule has 0 bridgehead atoms. The van der Waals surface area contributed by atoms with Gasteiger partial charge in [0.1, 0.15) is 11.6 Å². The molecule has 70 valence electrons. The molecule has 13 heavy (non-hydrogen) atoms. The molecule has 0 amide bonds. The molecule has 2 nitrogen and oxygen atoms in total. The highest BCUT2D eigenvalue weighted by molar-refractivity contribution is 5.70. The second-order valence-corrected chi connectivity index (χ2v) is 2.77. The Labute approximate surface area is 73.8 Å². The van der Waals surface area contributed by atoms with Crippen molar-refractivity contribution in [2.24, 2.45) is 0 Å². The lowest BCUT2D eigenvalue weighted by Crippen LogP contribution is -2.04. The molecular weight excluding hydrogens is 178 g/mol. The van der Waals surface area contributed by atoms with Crippen LogP contribution >= 0.6 is 0 Å². The summed E-state index contributed by atoms with van der Waals surface area (Å²) in [6.07, 6.45) is -0.496. The van der Waals surface area contributed by atoms with Gasteiger partial charge in [-0.25, -0.2) is 8.78 Å². The number of hydrogen-bond acceptors (Lipinski definition) is 1. The summed E-state index contributed by atoms with van der Waals surface area (Å²) in [5.74, 6) is -2.44. The number of hydrogen-bond donors (Lipinski definition) is 1. The summed E-state index contributed by atoms with van der Waals surface area (Å²) >= 11 is 0. The fourth-order valence-electron chi connectivity index (χ4n) is 1.09. The molecule has 0 heterocycles. The first-order chi connectivity index (χ1) is 6.00. The fourth-order valence-corrected chi connectivity index (χ4v) is 1.09. The first kappa shape index (κ1) is 9.64. The minimum Gasteiger partial charge on any atom is -0.481 e. The van der Waals surface area contributed by atoms with Crippen molar-refractivity contribution in [3.8, 4) is 0 Å². The van der Waals surface area contributed by atoms with E-state index in [1.165, 1.54) is 6.92 Å². The van der Waals surface area contributed by atoms with Gasteiger partial charge in [-0.3, -0.25) is 4.79 Å². The molecule has 1 rings (SSSR count). The average Bonchev–Trinajstić information content (AvgIpc) is 1.98. The van der Waals surface area contributed by atoms with E-state index in [1.54, 1.807) is 0 Å². The van der Waals surface area contributed by atoms with Crippen molar-refractivity contribution in [2.75, 3.05) is 0 Å². The van der Waals surface area contributed by atoms with Gasteiger partial charge in [-0.05, 0) is 24.6 Å². The third-order valence-corrected chi connectivity index (χ3v) is 1.64. The van der Waals surface area contributed by atoms with E-state index in [1.807, 2.05) is 0 Å². The molecule has 0 radical (unpaired) electrons. The second-order valence-electron chi connectivity index (χ2n) is 2.77. The molecule has 0 saturated carbocycles. The highest BCUT2D eigenvalue weighted by atomic mass is 19.1. The van der Waals surface area contributed by atoms with Crippen LogP contribution in [0, 0.1) is 18.6 Å². The average molecular weight is 186 g/mol. The van der Waals surface area contributed by atoms with E-state index in [2.05, 4.69) is 0 Å². The summed E-state index contributed by atoms with van der Waals surface area (Å²) < 4.78 is 25.8. The maximum atomic E-state index is 13.1. The van der Waals surface area contributed by atoms with Crippen molar-refractivity contribution in [3.63, 3.8) is 0 Å². The standard InChI is InChI=1S/C9H8F2O2/c1-5-2-7(10)3-6(9(5)11)4-8(12)13/h2-3H,4H2,1H3,(H,12,13). The monoisotopic (exact) mass is 186 g/mol. The van der Waals surface area contributed by atoms with Gasteiger partial charge in [0.05, 0.1) is 6.42 Å². The van der Waals surface area contributed by atoms with Crippen molar-refractivity contribution in [3.05, 3.63) is 34.9 Å². The van der Waals surface area contributed by atoms with Crippen LogP contribution in [-0.2, 0) is 11.2 Å². The molecule has 0 aliphatic heterocycles. The van der Waals surface area contributed by atoms with Crippen LogP contribution in [0.25, 0.3) is 0 Å². The maximum absolute atomic E-state index is 13.1. The van der Waals surface area contributed by atoms with Crippen molar-refractivity contribution in [1.82, 2.24) is 0 Å². The summed E-state index contributed by atoms with van der Waals surface area (Å²) in [7, 11) is 0. The first-order valence-electron chi connectivity index (χ1n) is 3.67. The van der Waals surface area contributed by atoms with E-state index in [9.17, 15) is 13.6 Å². The molecule has 0 atom stereocenters. The Hall–Kier alpha value is -1.45. The number of rotatable bonds is 2. The Bertz CT molecular complexity index is 348. The van der Waals surface area contributed by atoms with E-state index in [4.69, 9.17) is 5.11 Å². The summed E-state index contributed by atoms with van der Waals surface area (Å²) in [6.45, 7) is 1.39. The summed E-state index contributed by atoms with van der Waals surface area (Å²) in [6, 6.07) is 1.93. The summed E-state index contributed by atoms with van der Waals surface area (Å²) in [5, 5.41) is 8.38. The quantitative estimate of drug-likeness (QED) is 0.765. The molecule has 1 aromatic carbocycles. The Morgan fingerprint density at radius 1 is 1.46 bits per heavy atom. The van der Waals surface area contributed by atoms with Crippen molar-refractivity contribution in [1.29, 1.82) is 0 Å². The normalized spacial score (nSPS) is 10.1. The predicted molar refractivity (Wildman–Crippen MR) is 42.4 cm³/mol. The van der Waals surface area contributed by atoms with Crippen LogP contribution in [0.15, 0.2) is 12.1 Å². The topological polar surface area (TPSA) is 37.3 Å². The Morgan fingerprint density at radius 2 is 2.08 bits per heavy atom. The number of carbonyl (C=O) groups is 1. The van der Waals surface area contributed by atoms with Gasteiger partial charge >= 0.3 is 5.97 Å². The fraction of sp³-hybridized carbons (Fsp3) is 0.222. The van der Waals surface area contributed by atoms with Gasteiger partial charge in [0.25, 0.3) is 0 Å². The Kier molecular flexibility index (Phi) is 2.60. The van der Waals surface area contributed by atoms with Gasteiger partial charge in [-0.15, -0.1) is 0 Å². The van der Waals surface area contributed by atoms with Gasteiger partial charge in [-0.2, -0.15) is 0 Å². The van der Waals surface area contributed by atoms with Crippen molar-refractivity contribution in [2.45, 2.75) is 13.3 Å². The van der Waals surface area contributed by atoms with Crippen molar-refractivity contribution < 1.29 is 18.7 Å².